The van der Waals surface area contributed by atoms with Gasteiger partial charge in [0, 0.05) is 0 Å². The Morgan fingerprint density at radius 1 is 1.36 bits per heavy atom. The maximum absolute atomic E-state index is 13.8. The van der Waals surface area contributed by atoms with Crippen LogP contribution in [-0.4, -0.2) is 66.4 Å². The summed E-state index contributed by atoms with van der Waals surface area (Å²) in [6, 6.07) is 7.15. The van der Waals surface area contributed by atoms with Crippen LogP contribution in [0.15, 0.2) is 42.9 Å². The van der Waals surface area contributed by atoms with Crippen LogP contribution in [0.25, 0.3) is 11.2 Å². The molecule has 0 aliphatic carbocycles. The molecule has 1 aromatic carbocycles. The number of carbonyl (C=O) groups excluding carboxylic acids is 1. The Hall–Kier alpha value is -3.24. The molecule has 3 heterocycles. The highest BCUT2D eigenvalue weighted by Crippen LogP contribution is 2.48. The number of imidazole rings is 1. The minimum Gasteiger partial charge on any atom is -0.462 e. The fraction of sp³-hybridized carbons (Fsp3) is 0.417. The molecule has 0 spiro atoms. The second-order valence-electron chi connectivity index (χ2n) is 9.01. The van der Waals surface area contributed by atoms with Crippen LogP contribution in [0.4, 0.5) is 5.95 Å². The van der Waals surface area contributed by atoms with Crippen molar-refractivity contribution >= 4 is 42.4 Å². The van der Waals surface area contributed by atoms with Crippen molar-refractivity contribution in [3.05, 3.63) is 42.9 Å². The van der Waals surface area contributed by atoms with Crippen molar-refractivity contribution in [3.63, 3.8) is 0 Å². The smallest absolute Gasteiger partial charge is 0.459 e. The minimum atomic E-state index is -4.24. The normalized spacial score (nSPS) is 25.2. The van der Waals surface area contributed by atoms with Gasteiger partial charge in [-0.05, 0) is 32.9 Å². The Kier molecular flexibility index (Phi) is 8.46. The van der Waals surface area contributed by atoms with Crippen molar-refractivity contribution in [2.75, 3.05) is 12.3 Å². The Morgan fingerprint density at radius 2 is 2.08 bits per heavy atom. The molecule has 15 heteroatoms. The molecule has 6 atom stereocenters. The third-order valence-corrected chi connectivity index (χ3v) is 7.85. The van der Waals surface area contributed by atoms with Gasteiger partial charge in [-0.15, -0.1) is 6.42 Å². The van der Waals surface area contributed by atoms with Gasteiger partial charge in [0.25, 0.3) is 0 Å². The van der Waals surface area contributed by atoms with Gasteiger partial charge in [-0.1, -0.05) is 35.7 Å². The van der Waals surface area contributed by atoms with Gasteiger partial charge in [-0.25, -0.2) is 14.5 Å². The maximum atomic E-state index is 13.8. The molecule has 1 aliphatic rings. The van der Waals surface area contributed by atoms with E-state index < -0.39 is 55.8 Å². The van der Waals surface area contributed by atoms with Crippen molar-refractivity contribution in [3.8, 4) is 18.1 Å². The number of hydrogen-bond donors (Lipinski definition) is 3. The van der Waals surface area contributed by atoms with Crippen molar-refractivity contribution in [2.45, 2.75) is 56.2 Å². The van der Waals surface area contributed by atoms with Crippen LogP contribution in [0.2, 0.25) is 0 Å². The van der Waals surface area contributed by atoms with Crippen molar-refractivity contribution in [2.24, 2.45) is 0 Å². The molecule has 3 aromatic rings. The average molecular weight is 579 g/mol. The molecule has 208 valence electrons. The number of aliphatic hydroxyl groups is 1. The lowest BCUT2D eigenvalue weighted by atomic mass is 9.99. The van der Waals surface area contributed by atoms with Crippen LogP contribution in [0.5, 0.6) is 5.75 Å². The van der Waals surface area contributed by atoms with E-state index >= 15 is 0 Å². The quantitative estimate of drug-likeness (QED) is 0.139. The van der Waals surface area contributed by atoms with Gasteiger partial charge < -0.3 is 24.8 Å². The van der Waals surface area contributed by atoms with E-state index in [1.165, 1.54) is 24.0 Å². The number of nitrogens with one attached hydrogen (secondary N) is 1. The molecule has 0 saturated carbocycles. The standard InChI is InChI=1S/C24H28ClN6O7P/c1-5-24(25)19(32)18(37-22(24)31-13-28-17-11-27-23(26)29-20(17)31)12-35-39(34,38-16-9-7-6-8-10-16)30-15(4)21(33)36-14(2)3/h1,6-11,13-15,18-19,22,32H,12H2,2-4H3,(H,30,34)(H2,26,27,29)/t15-,18+,19-,22+,24+,39?/m0/s1. The van der Waals surface area contributed by atoms with Gasteiger partial charge in [0.2, 0.25) is 5.95 Å². The predicted molar refractivity (Wildman–Crippen MR) is 142 cm³/mol. The number of aliphatic hydroxyl groups excluding tert-OH is 1. The van der Waals surface area contributed by atoms with E-state index in [1.54, 1.807) is 44.2 Å². The average Bonchev–Trinajstić information content (AvgIpc) is 3.41. The number of rotatable bonds is 10. The number of nitrogens with zero attached hydrogens (tertiary/aromatic N) is 4. The van der Waals surface area contributed by atoms with Crippen LogP contribution in [-0.2, 0) is 23.4 Å². The number of carbonyl (C=O) groups is 1. The number of halogens is 1. The summed E-state index contributed by atoms with van der Waals surface area (Å²) in [5, 5.41) is 13.6. The molecule has 39 heavy (non-hydrogen) atoms. The molecule has 0 bridgehead atoms. The van der Waals surface area contributed by atoms with Gasteiger partial charge in [-0.2, -0.15) is 10.1 Å². The van der Waals surface area contributed by atoms with Gasteiger partial charge >= 0.3 is 13.7 Å². The van der Waals surface area contributed by atoms with Gasteiger partial charge in [0.1, 0.15) is 29.5 Å². The van der Waals surface area contributed by atoms with Crippen LogP contribution in [0.1, 0.15) is 27.0 Å². The summed E-state index contributed by atoms with van der Waals surface area (Å²) in [4.78, 5) is 22.9. The lowest BCUT2D eigenvalue weighted by Gasteiger charge is -2.26. The number of fused-ring (bicyclic) bond motifs is 1. The molecule has 0 radical (unpaired) electrons. The molecule has 1 aliphatic heterocycles. The van der Waals surface area contributed by atoms with Crippen LogP contribution < -0.4 is 15.3 Å². The maximum Gasteiger partial charge on any atom is 0.459 e. The molecule has 1 saturated heterocycles. The molecule has 1 unspecified atom stereocenters. The van der Waals surface area contributed by atoms with E-state index in [2.05, 4.69) is 26.0 Å². The summed E-state index contributed by atoms with van der Waals surface area (Å²) in [7, 11) is -4.24. The molecular weight excluding hydrogens is 551 g/mol. The number of hydrogen-bond acceptors (Lipinski definition) is 11. The summed E-state index contributed by atoms with van der Waals surface area (Å²) in [5.74, 6) is 1.90. The number of alkyl halides is 1. The summed E-state index contributed by atoms with van der Waals surface area (Å²) >= 11 is 6.68. The highest BCUT2D eigenvalue weighted by atomic mass is 35.5. The van der Waals surface area contributed by atoms with Crippen molar-refractivity contribution in [1.29, 1.82) is 0 Å². The van der Waals surface area contributed by atoms with E-state index in [0.717, 1.165) is 0 Å². The van der Waals surface area contributed by atoms with E-state index in [0.29, 0.717) is 5.52 Å². The van der Waals surface area contributed by atoms with Gasteiger partial charge in [-0.3, -0.25) is 13.9 Å². The number of esters is 1. The SMILES string of the molecule is C#C[C@@]1(Cl)[C@@H](O)[C@@H](COP(=O)(N[C@@H](C)C(=O)OC(C)C)Oc2ccccc2)O[C@H]1n1cnc2cnc(N)nc21. The van der Waals surface area contributed by atoms with Crippen LogP contribution in [0.3, 0.4) is 0 Å². The number of anilines is 1. The second kappa shape index (κ2) is 11.5. The highest BCUT2D eigenvalue weighted by Gasteiger charge is 2.56. The van der Waals surface area contributed by atoms with E-state index in [1.807, 2.05) is 0 Å². The molecule has 4 N–H and O–H groups in total. The topological polar surface area (TPSA) is 173 Å². The molecule has 1 fully saturated rings. The lowest BCUT2D eigenvalue weighted by molar-refractivity contribution is -0.149. The number of para-hydroxylation sites is 1. The first-order valence-corrected chi connectivity index (χ1v) is 13.8. The summed E-state index contributed by atoms with van der Waals surface area (Å²) in [6.45, 7) is 4.33. The summed E-state index contributed by atoms with van der Waals surface area (Å²) in [6.07, 6.45) is 4.30. The van der Waals surface area contributed by atoms with E-state index in [-0.39, 0.29) is 17.3 Å². The lowest BCUT2D eigenvalue weighted by Crippen LogP contribution is -2.41. The van der Waals surface area contributed by atoms with Crippen LogP contribution in [0, 0.1) is 12.3 Å². The Balaban J connectivity index is 1.57. The molecular formula is C24H28ClN6O7P. The Morgan fingerprint density at radius 3 is 2.74 bits per heavy atom. The number of nitrogen functional groups attached to an aromatic ring is 1. The van der Waals surface area contributed by atoms with Crippen LogP contribution >= 0.6 is 19.3 Å². The first-order chi connectivity index (χ1) is 18.5. The fourth-order valence-electron chi connectivity index (χ4n) is 3.83. The largest absolute Gasteiger partial charge is 0.462 e. The van der Waals surface area contributed by atoms with E-state index in [4.69, 9.17) is 42.3 Å². The molecule has 4 rings (SSSR count). The van der Waals surface area contributed by atoms with Crippen molar-refractivity contribution < 1.29 is 33.0 Å². The number of ether oxygens (including phenoxy) is 2. The fourth-order valence-corrected chi connectivity index (χ4v) is 5.63. The number of benzene rings is 1. The summed E-state index contributed by atoms with van der Waals surface area (Å²) < 4.78 is 37.7. The molecule has 0 amide bonds. The third-order valence-electron chi connectivity index (χ3n) is 5.69. The Bertz CT molecular complexity index is 1420. The predicted octanol–water partition coefficient (Wildman–Crippen LogP) is 2.41. The zero-order chi connectivity index (χ0) is 28.4. The van der Waals surface area contributed by atoms with Crippen molar-refractivity contribution in [1.82, 2.24) is 24.6 Å². The first kappa shape index (κ1) is 28.8. The zero-order valence-electron chi connectivity index (χ0n) is 21.3. The zero-order valence-corrected chi connectivity index (χ0v) is 23.0. The summed E-state index contributed by atoms with van der Waals surface area (Å²) in [5.41, 5.74) is 6.39. The highest BCUT2D eigenvalue weighted by molar-refractivity contribution is 7.52. The molecule has 13 nitrogen and oxygen atoms in total. The monoisotopic (exact) mass is 578 g/mol. The number of aromatic nitrogens is 4. The Labute approximate surface area is 229 Å². The van der Waals surface area contributed by atoms with Gasteiger partial charge in [0.05, 0.1) is 25.2 Å². The van der Waals surface area contributed by atoms with Gasteiger partial charge in [0.15, 0.2) is 16.7 Å². The molecule has 2 aromatic heterocycles. The number of terminal acetylenes is 1. The van der Waals surface area contributed by atoms with E-state index in [9.17, 15) is 14.5 Å². The second-order valence-corrected chi connectivity index (χ2v) is 11.3. The first-order valence-electron chi connectivity index (χ1n) is 11.9. The minimum absolute atomic E-state index is 0.0151. The number of nitrogens with two attached hydrogens (primary N) is 1. The third kappa shape index (κ3) is 6.17.